The third-order valence-corrected chi connectivity index (χ3v) is 3.58. The molecule has 8 heteroatoms. The van der Waals surface area contributed by atoms with E-state index in [1.807, 2.05) is 6.92 Å². The molecule has 18 heavy (non-hydrogen) atoms. The molecule has 1 aromatic heterocycles. The second-order valence-electron chi connectivity index (χ2n) is 4.39. The number of aliphatic carboxylic acids is 1. The van der Waals surface area contributed by atoms with E-state index in [2.05, 4.69) is 14.9 Å². The number of piperidine rings is 1. The number of amides is 2. The first-order chi connectivity index (χ1) is 8.58. The third-order valence-electron chi connectivity index (χ3n) is 3.00. The Bertz CT molecular complexity index is 436. The largest absolute Gasteiger partial charge is 0.480 e. The average molecular weight is 270 g/mol. The van der Waals surface area contributed by atoms with Gasteiger partial charge in [-0.2, -0.15) is 0 Å². The van der Waals surface area contributed by atoms with E-state index in [1.165, 1.54) is 11.1 Å². The number of carbonyl (C=O) groups is 2. The number of hydrogen-bond acceptors (Lipinski definition) is 5. The molecule has 1 aromatic rings. The molecule has 98 valence electrons. The Labute approximate surface area is 108 Å². The maximum absolute atomic E-state index is 12.0. The Balaban J connectivity index is 2.05. The van der Waals surface area contributed by atoms with Gasteiger partial charge in [0.2, 0.25) is 0 Å². The molecule has 0 aliphatic carbocycles. The fourth-order valence-corrected chi connectivity index (χ4v) is 2.43. The van der Waals surface area contributed by atoms with Gasteiger partial charge in [-0.3, -0.25) is 5.32 Å². The summed E-state index contributed by atoms with van der Waals surface area (Å²) in [4.78, 5) is 24.5. The molecule has 2 amide bonds. The number of carbonyl (C=O) groups excluding carboxylic acids is 1. The van der Waals surface area contributed by atoms with Crippen molar-refractivity contribution in [1.82, 2.24) is 14.5 Å². The number of nitrogens with zero attached hydrogens (tertiary/aromatic N) is 3. The van der Waals surface area contributed by atoms with Gasteiger partial charge in [-0.15, -0.1) is 5.10 Å². The summed E-state index contributed by atoms with van der Waals surface area (Å²) in [6, 6.07) is -1.16. The molecule has 0 spiro atoms. The van der Waals surface area contributed by atoms with Crippen LogP contribution in [0.1, 0.15) is 19.8 Å². The molecule has 2 heterocycles. The van der Waals surface area contributed by atoms with Crippen LogP contribution in [0, 0.1) is 5.92 Å². The minimum absolute atomic E-state index is 0.320. The summed E-state index contributed by atoms with van der Waals surface area (Å²) in [6.45, 7) is 2.45. The average Bonchev–Trinajstić information content (AvgIpc) is 2.81. The molecule has 0 aromatic carbocycles. The Morgan fingerprint density at radius 1 is 1.61 bits per heavy atom. The zero-order valence-corrected chi connectivity index (χ0v) is 10.7. The molecule has 1 aliphatic heterocycles. The SMILES string of the molecule is CC1CCN(C(=O)Nc2cnns2)C(C(=O)O)C1. The summed E-state index contributed by atoms with van der Waals surface area (Å²) in [5.41, 5.74) is 0. The lowest BCUT2D eigenvalue weighted by Gasteiger charge is -2.35. The van der Waals surface area contributed by atoms with Crippen molar-refractivity contribution in [3.63, 3.8) is 0 Å². The Hall–Kier alpha value is -1.70. The van der Waals surface area contributed by atoms with Crippen molar-refractivity contribution in [2.75, 3.05) is 11.9 Å². The fraction of sp³-hybridized carbons (Fsp3) is 0.600. The van der Waals surface area contributed by atoms with Gasteiger partial charge in [0.25, 0.3) is 0 Å². The molecule has 2 N–H and O–H groups in total. The minimum atomic E-state index is -0.959. The van der Waals surface area contributed by atoms with Gasteiger partial charge < -0.3 is 10.0 Å². The van der Waals surface area contributed by atoms with Gasteiger partial charge in [0, 0.05) is 18.1 Å². The quantitative estimate of drug-likeness (QED) is 0.843. The first-order valence-electron chi connectivity index (χ1n) is 5.65. The lowest BCUT2D eigenvalue weighted by atomic mass is 9.93. The van der Waals surface area contributed by atoms with Crippen molar-refractivity contribution in [2.24, 2.45) is 5.92 Å². The number of likely N-dealkylation sites (tertiary alicyclic amines) is 1. The van der Waals surface area contributed by atoms with Gasteiger partial charge in [0.05, 0.1) is 6.20 Å². The molecular formula is C10H14N4O3S. The van der Waals surface area contributed by atoms with Crippen molar-refractivity contribution in [1.29, 1.82) is 0 Å². The van der Waals surface area contributed by atoms with Crippen molar-refractivity contribution in [3.05, 3.63) is 6.20 Å². The van der Waals surface area contributed by atoms with Crippen LogP contribution in [0.3, 0.4) is 0 Å². The van der Waals surface area contributed by atoms with Crippen LogP contribution in [0.4, 0.5) is 9.80 Å². The number of carboxylic acid groups (broad SMARTS) is 1. The molecule has 0 radical (unpaired) electrons. The van der Waals surface area contributed by atoms with Gasteiger partial charge in [-0.1, -0.05) is 11.4 Å². The smallest absolute Gasteiger partial charge is 0.326 e. The van der Waals surface area contributed by atoms with Crippen LogP contribution in [0.25, 0.3) is 0 Å². The van der Waals surface area contributed by atoms with Crippen LogP contribution in [-0.2, 0) is 4.79 Å². The number of urea groups is 1. The Morgan fingerprint density at radius 2 is 2.39 bits per heavy atom. The van der Waals surface area contributed by atoms with Crippen molar-refractivity contribution in [3.8, 4) is 0 Å². The summed E-state index contributed by atoms with van der Waals surface area (Å²) in [6.07, 6.45) is 2.74. The summed E-state index contributed by atoms with van der Waals surface area (Å²) >= 11 is 1.06. The summed E-state index contributed by atoms with van der Waals surface area (Å²) < 4.78 is 3.63. The molecule has 1 saturated heterocycles. The zero-order chi connectivity index (χ0) is 13.1. The van der Waals surface area contributed by atoms with E-state index < -0.39 is 18.0 Å². The molecule has 7 nitrogen and oxygen atoms in total. The van der Waals surface area contributed by atoms with E-state index in [0.29, 0.717) is 23.9 Å². The first kappa shape index (κ1) is 12.7. The van der Waals surface area contributed by atoms with E-state index in [0.717, 1.165) is 18.0 Å². The van der Waals surface area contributed by atoms with Crippen LogP contribution < -0.4 is 5.32 Å². The van der Waals surface area contributed by atoms with Crippen LogP contribution in [0.5, 0.6) is 0 Å². The molecular weight excluding hydrogens is 256 g/mol. The standard InChI is InChI=1S/C10H14N4O3S/c1-6-2-3-14(7(4-6)9(15)16)10(17)12-8-5-11-13-18-8/h5-7H,2-4H2,1H3,(H,12,17)(H,15,16). The van der Waals surface area contributed by atoms with E-state index in [-0.39, 0.29) is 0 Å². The van der Waals surface area contributed by atoms with Gasteiger partial charge in [0.1, 0.15) is 11.0 Å². The van der Waals surface area contributed by atoms with Crippen LogP contribution in [0.15, 0.2) is 6.20 Å². The van der Waals surface area contributed by atoms with Gasteiger partial charge >= 0.3 is 12.0 Å². The highest BCUT2D eigenvalue weighted by Crippen LogP contribution is 2.23. The highest BCUT2D eigenvalue weighted by Gasteiger charge is 2.34. The van der Waals surface area contributed by atoms with Crippen molar-refractivity contribution < 1.29 is 14.7 Å². The summed E-state index contributed by atoms with van der Waals surface area (Å²) in [5, 5.41) is 15.9. The van der Waals surface area contributed by atoms with Crippen LogP contribution >= 0.6 is 11.5 Å². The Morgan fingerprint density at radius 3 is 3.00 bits per heavy atom. The molecule has 2 atom stereocenters. The summed E-state index contributed by atoms with van der Waals surface area (Å²) in [7, 11) is 0. The molecule has 2 rings (SSSR count). The molecule has 0 bridgehead atoms. The van der Waals surface area contributed by atoms with E-state index in [4.69, 9.17) is 5.11 Å². The molecule has 0 saturated carbocycles. The van der Waals surface area contributed by atoms with Gasteiger partial charge in [0.15, 0.2) is 0 Å². The fourth-order valence-electron chi connectivity index (χ4n) is 2.02. The number of carboxylic acids is 1. The second kappa shape index (κ2) is 5.30. The maximum Gasteiger partial charge on any atom is 0.326 e. The lowest BCUT2D eigenvalue weighted by Crippen LogP contribution is -2.51. The van der Waals surface area contributed by atoms with E-state index >= 15 is 0 Å². The number of nitrogens with one attached hydrogen (secondary N) is 1. The van der Waals surface area contributed by atoms with Crippen LogP contribution in [0.2, 0.25) is 0 Å². The lowest BCUT2D eigenvalue weighted by molar-refractivity contribution is -0.143. The van der Waals surface area contributed by atoms with Crippen molar-refractivity contribution in [2.45, 2.75) is 25.8 Å². The second-order valence-corrected chi connectivity index (χ2v) is 5.17. The van der Waals surface area contributed by atoms with Gasteiger partial charge in [-0.25, -0.2) is 9.59 Å². The highest BCUT2D eigenvalue weighted by atomic mass is 32.1. The van der Waals surface area contributed by atoms with Crippen LogP contribution in [-0.4, -0.2) is 44.2 Å². The molecule has 1 fully saturated rings. The monoisotopic (exact) mass is 270 g/mol. The van der Waals surface area contributed by atoms with E-state index in [1.54, 1.807) is 0 Å². The van der Waals surface area contributed by atoms with Gasteiger partial charge in [-0.05, 0) is 18.8 Å². The number of aromatic nitrogens is 2. The molecule has 1 aliphatic rings. The predicted molar refractivity (Wildman–Crippen MR) is 65.5 cm³/mol. The van der Waals surface area contributed by atoms with E-state index in [9.17, 15) is 9.59 Å². The number of hydrogen-bond donors (Lipinski definition) is 2. The van der Waals surface area contributed by atoms with Crippen molar-refractivity contribution >= 4 is 28.5 Å². The topological polar surface area (TPSA) is 95.4 Å². The predicted octanol–water partition coefficient (Wildman–Crippen LogP) is 1.26. The number of anilines is 1. The third kappa shape index (κ3) is 2.76. The Kier molecular flexibility index (Phi) is 3.75. The number of rotatable bonds is 2. The zero-order valence-electron chi connectivity index (χ0n) is 9.87. The molecule has 2 unspecified atom stereocenters. The normalized spacial score (nSPS) is 23.7. The minimum Gasteiger partial charge on any atom is -0.480 e. The summed E-state index contributed by atoms with van der Waals surface area (Å²) in [5.74, 6) is -0.639. The highest BCUT2D eigenvalue weighted by molar-refractivity contribution is 7.10. The maximum atomic E-state index is 12.0. The first-order valence-corrected chi connectivity index (χ1v) is 6.43.